The summed E-state index contributed by atoms with van der Waals surface area (Å²) in [5, 5.41) is 11.4. The van der Waals surface area contributed by atoms with Crippen molar-refractivity contribution in [3.05, 3.63) is 0 Å². The smallest absolute Gasteiger partial charge is 0.427 e. The van der Waals surface area contributed by atoms with Crippen molar-refractivity contribution in [2.45, 2.75) is 26.3 Å². The molecule has 0 aliphatic rings. The van der Waals surface area contributed by atoms with E-state index >= 15 is 0 Å². The molecule has 0 aromatic rings. The van der Waals surface area contributed by atoms with Gasteiger partial charge in [-0.25, -0.2) is 10.1 Å². The van der Waals surface area contributed by atoms with Gasteiger partial charge in [-0.15, -0.1) is 0 Å². The van der Waals surface area contributed by atoms with E-state index in [0.29, 0.717) is 0 Å². The van der Waals surface area contributed by atoms with Crippen LogP contribution in [0.1, 0.15) is 20.8 Å². The third-order valence-electron chi connectivity index (χ3n) is 0.431. The van der Waals surface area contributed by atoms with Crippen molar-refractivity contribution in [1.29, 1.82) is 0 Å². The first-order chi connectivity index (χ1) is 3.42. The minimum Gasteiger partial charge on any atom is -0.464 e. The summed E-state index contributed by atoms with van der Waals surface area (Å²) in [5.41, 5.74) is -0.453. The third-order valence-corrected chi connectivity index (χ3v) is 0.431. The Morgan fingerprint density at radius 1 is 1.50 bits per heavy atom. The van der Waals surface area contributed by atoms with Crippen LogP contribution in [0.2, 0.25) is 0 Å². The van der Waals surface area contributed by atoms with Crippen LogP contribution in [0.4, 0.5) is 4.79 Å². The molecule has 0 rings (SSSR count). The number of rotatable bonds is 0. The Hall–Kier alpha value is -0.730. The largest absolute Gasteiger partial charge is 0.464 e. The van der Waals surface area contributed by atoms with Gasteiger partial charge in [0.2, 0.25) is 0 Å². The lowest BCUT2D eigenvalue weighted by atomic mass is 10.1. The maximum Gasteiger partial charge on any atom is 0.427 e. The molecule has 0 atom stereocenters. The monoisotopic (exact) mass is 116 g/mol. The van der Waals surface area contributed by atoms with Crippen LogP contribution in [0, 0.1) is 0 Å². The summed E-state index contributed by atoms with van der Waals surface area (Å²) in [6, 6.07) is 0. The van der Waals surface area contributed by atoms with Gasteiger partial charge in [0.05, 0.1) is 5.54 Å². The van der Waals surface area contributed by atoms with Crippen LogP contribution >= 0.6 is 0 Å². The Balaban J connectivity index is 3.55. The Morgan fingerprint density at radius 2 is 1.88 bits per heavy atom. The number of amides is 1. The van der Waals surface area contributed by atoms with Crippen molar-refractivity contribution in [3.63, 3.8) is 0 Å². The molecule has 1 amide bonds. The minimum absolute atomic E-state index is 0.453. The molecule has 0 aromatic carbocycles. The van der Waals surface area contributed by atoms with Crippen LogP contribution in [0.25, 0.3) is 0 Å². The number of nitrogens with zero attached hydrogens (tertiary/aromatic N) is 1. The average molecular weight is 116 g/mol. The van der Waals surface area contributed by atoms with Crippen molar-refractivity contribution < 1.29 is 9.90 Å². The predicted octanol–water partition coefficient (Wildman–Crippen LogP) is 1.07. The number of hydrogen-bond donors (Lipinski definition) is 1. The van der Waals surface area contributed by atoms with Crippen molar-refractivity contribution in [2.24, 2.45) is 0 Å². The molecule has 0 aliphatic carbocycles. The summed E-state index contributed by atoms with van der Waals surface area (Å²) in [7, 11) is 0. The molecule has 1 N–H and O–H groups in total. The van der Waals surface area contributed by atoms with E-state index in [0.717, 1.165) is 0 Å². The summed E-state index contributed by atoms with van der Waals surface area (Å²) in [4.78, 5) is 9.85. The molecule has 1 radical (unpaired) electrons. The molecular formula is C5H10NO2. The maximum absolute atomic E-state index is 9.85. The molecule has 47 valence electrons. The zero-order chi connectivity index (χ0) is 6.78. The third kappa shape index (κ3) is 5.27. The van der Waals surface area contributed by atoms with E-state index in [9.17, 15) is 4.79 Å². The molecule has 0 saturated heterocycles. The lowest BCUT2D eigenvalue weighted by Gasteiger charge is -2.13. The highest BCUT2D eigenvalue weighted by Gasteiger charge is 2.14. The first kappa shape index (κ1) is 7.27. The van der Waals surface area contributed by atoms with Crippen LogP contribution in [-0.4, -0.2) is 16.7 Å². The van der Waals surface area contributed by atoms with Gasteiger partial charge in [-0.2, -0.15) is 0 Å². The molecule has 0 aliphatic heterocycles. The Morgan fingerprint density at radius 3 is 1.88 bits per heavy atom. The SMILES string of the molecule is CC(C)(C)[N]C(=O)O. The van der Waals surface area contributed by atoms with E-state index in [4.69, 9.17) is 5.11 Å². The van der Waals surface area contributed by atoms with Crippen molar-refractivity contribution in [3.8, 4) is 0 Å². The number of carboxylic acid groups (broad SMARTS) is 1. The topological polar surface area (TPSA) is 51.4 Å². The summed E-state index contributed by atoms with van der Waals surface area (Å²) in [6.45, 7) is 5.21. The van der Waals surface area contributed by atoms with Crippen LogP contribution in [0.5, 0.6) is 0 Å². The summed E-state index contributed by atoms with van der Waals surface area (Å²) >= 11 is 0. The van der Waals surface area contributed by atoms with E-state index in [1.54, 1.807) is 20.8 Å². The van der Waals surface area contributed by atoms with Gasteiger partial charge in [-0.1, -0.05) is 0 Å². The van der Waals surface area contributed by atoms with Gasteiger partial charge >= 0.3 is 6.09 Å². The zero-order valence-electron chi connectivity index (χ0n) is 5.30. The summed E-state index contributed by atoms with van der Waals surface area (Å²) in [5.74, 6) is 0. The van der Waals surface area contributed by atoms with Gasteiger partial charge in [-0.3, -0.25) is 0 Å². The van der Waals surface area contributed by atoms with Crippen LogP contribution in [0.15, 0.2) is 0 Å². The fraction of sp³-hybridized carbons (Fsp3) is 0.800. The highest BCUT2D eigenvalue weighted by atomic mass is 16.4. The molecule has 0 aromatic heterocycles. The molecule has 0 saturated carbocycles. The van der Waals surface area contributed by atoms with E-state index in [2.05, 4.69) is 5.32 Å². The normalized spacial score (nSPS) is 10.9. The molecule has 0 unspecified atom stereocenters. The minimum atomic E-state index is -1.10. The van der Waals surface area contributed by atoms with Gasteiger partial charge in [-0.05, 0) is 20.8 Å². The predicted molar refractivity (Wildman–Crippen MR) is 29.9 cm³/mol. The summed E-state index contributed by atoms with van der Waals surface area (Å²) in [6.07, 6.45) is -1.10. The lowest BCUT2D eigenvalue weighted by Crippen LogP contribution is -2.32. The van der Waals surface area contributed by atoms with Gasteiger partial charge in [0, 0.05) is 0 Å². The quantitative estimate of drug-likeness (QED) is 0.514. The highest BCUT2D eigenvalue weighted by molar-refractivity contribution is 5.64. The molecule has 0 bridgehead atoms. The second-order valence-electron chi connectivity index (χ2n) is 2.57. The van der Waals surface area contributed by atoms with Crippen LogP contribution < -0.4 is 5.32 Å². The molecule has 3 nitrogen and oxygen atoms in total. The first-order valence-corrected chi connectivity index (χ1v) is 2.37. The first-order valence-electron chi connectivity index (χ1n) is 2.37. The Kier molecular flexibility index (Phi) is 1.84. The molecule has 3 heteroatoms. The van der Waals surface area contributed by atoms with Crippen molar-refractivity contribution in [2.75, 3.05) is 0 Å². The van der Waals surface area contributed by atoms with Gasteiger partial charge in [0.1, 0.15) is 0 Å². The number of hydrogen-bond acceptors (Lipinski definition) is 1. The van der Waals surface area contributed by atoms with Crippen molar-refractivity contribution >= 4 is 6.09 Å². The standard InChI is InChI=1S/C5H10NO2/c1-5(2,3)6-4(7)8/h1-3H3,(H,7,8). The van der Waals surface area contributed by atoms with E-state index in [1.165, 1.54) is 0 Å². The zero-order valence-corrected chi connectivity index (χ0v) is 5.30. The second-order valence-corrected chi connectivity index (χ2v) is 2.57. The van der Waals surface area contributed by atoms with Gasteiger partial charge in [0.15, 0.2) is 0 Å². The molecule has 0 spiro atoms. The van der Waals surface area contributed by atoms with Gasteiger partial charge in [0.25, 0.3) is 0 Å². The molecule has 0 fully saturated rings. The fourth-order valence-electron chi connectivity index (χ4n) is 0.287. The Labute approximate surface area is 48.7 Å². The van der Waals surface area contributed by atoms with E-state index in [-0.39, 0.29) is 0 Å². The maximum atomic E-state index is 9.85. The van der Waals surface area contributed by atoms with Crippen LogP contribution in [0.3, 0.4) is 0 Å². The second kappa shape index (κ2) is 2.03. The molecule has 0 heterocycles. The van der Waals surface area contributed by atoms with Crippen molar-refractivity contribution in [1.82, 2.24) is 5.32 Å². The lowest BCUT2D eigenvalue weighted by molar-refractivity contribution is 0.183. The average Bonchev–Trinajstić information content (AvgIpc) is 1.21. The van der Waals surface area contributed by atoms with Crippen LogP contribution in [-0.2, 0) is 0 Å². The highest BCUT2D eigenvalue weighted by Crippen LogP contribution is 1.99. The van der Waals surface area contributed by atoms with Gasteiger partial charge < -0.3 is 5.11 Å². The van der Waals surface area contributed by atoms with E-state index in [1.807, 2.05) is 0 Å². The molecular weight excluding hydrogens is 106 g/mol. The molecule has 8 heavy (non-hydrogen) atoms. The summed E-state index contributed by atoms with van der Waals surface area (Å²) < 4.78 is 0. The fourth-order valence-corrected chi connectivity index (χ4v) is 0.287. The van der Waals surface area contributed by atoms with E-state index < -0.39 is 11.6 Å². The number of carbonyl (C=O) groups is 1. The Bertz CT molecular complexity index is 93.1.